The molecular formula is C22H42O2. The van der Waals surface area contributed by atoms with Gasteiger partial charge in [-0.15, -0.1) is 0 Å². The average molecular weight is 339 g/mol. The fourth-order valence-corrected chi connectivity index (χ4v) is 2.92. The molecule has 0 aliphatic rings. The van der Waals surface area contributed by atoms with Crippen LogP contribution < -0.4 is 0 Å². The minimum absolute atomic E-state index is 0.169. The molecule has 2 nitrogen and oxygen atoms in total. The molecule has 0 bridgehead atoms. The van der Waals surface area contributed by atoms with Gasteiger partial charge in [0.1, 0.15) is 0 Å². The predicted octanol–water partition coefficient (Wildman–Crippen LogP) is 7.37. The van der Waals surface area contributed by atoms with Crippen LogP contribution in [0.15, 0.2) is 12.2 Å². The molecule has 0 N–H and O–H groups in total. The van der Waals surface area contributed by atoms with E-state index in [2.05, 4.69) is 19.1 Å². The maximum atomic E-state index is 10.6. The van der Waals surface area contributed by atoms with Crippen molar-refractivity contribution in [1.29, 1.82) is 0 Å². The van der Waals surface area contributed by atoms with Crippen molar-refractivity contribution in [2.24, 2.45) is 0 Å². The minimum Gasteiger partial charge on any atom is -0.466 e. The third-order valence-corrected chi connectivity index (χ3v) is 4.46. The Morgan fingerprint density at radius 1 is 0.667 bits per heavy atom. The zero-order valence-corrected chi connectivity index (χ0v) is 16.5. The van der Waals surface area contributed by atoms with E-state index >= 15 is 0 Å². The van der Waals surface area contributed by atoms with Crippen molar-refractivity contribution < 1.29 is 9.53 Å². The van der Waals surface area contributed by atoms with E-state index in [4.69, 9.17) is 4.74 Å². The summed E-state index contributed by atoms with van der Waals surface area (Å²) in [7, 11) is 0. The highest BCUT2D eigenvalue weighted by Gasteiger charge is 1.93. The van der Waals surface area contributed by atoms with E-state index in [9.17, 15) is 4.79 Å². The minimum atomic E-state index is -0.169. The van der Waals surface area contributed by atoms with Gasteiger partial charge >= 0.3 is 5.97 Å². The number of hydrogen-bond acceptors (Lipinski definition) is 2. The molecule has 0 atom stereocenters. The molecule has 0 aliphatic heterocycles. The molecule has 2 heteroatoms. The van der Waals surface area contributed by atoms with E-state index in [1.165, 1.54) is 90.4 Å². The third kappa shape index (κ3) is 21.2. The van der Waals surface area contributed by atoms with E-state index in [0.717, 1.165) is 19.3 Å². The SMILES string of the molecule is CCCCCCCCCCCCCC/C=C/CCCCOC(C)=O. The fraction of sp³-hybridized carbons (Fsp3) is 0.864. The summed E-state index contributed by atoms with van der Waals surface area (Å²) in [5, 5.41) is 0. The maximum absolute atomic E-state index is 10.6. The molecule has 0 aliphatic carbocycles. The van der Waals surface area contributed by atoms with E-state index in [-0.39, 0.29) is 5.97 Å². The summed E-state index contributed by atoms with van der Waals surface area (Å²) in [6.07, 6.45) is 26.0. The Labute approximate surface area is 151 Å². The summed E-state index contributed by atoms with van der Waals surface area (Å²) < 4.78 is 4.91. The molecule has 0 aromatic rings. The molecule has 142 valence electrons. The predicted molar refractivity (Wildman–Crippen MR) is 105 cm³/mol. The summed E-state index contributed by atoms with van der Waals surface area (Å²) in [6, 6.07) is 0. The molecule has 0 saturated carbocycles. The monoisotopic (exact) mass is 338 g/mol. The lowest BCUT2D eigenvalue weighted by Gasteiger charge is -2.02. The van der Waals surface area contributed by atoms with Gasteiger partial charge in [0.05, 0.1) is 6.61 Å². The van der Waals surface area contributed by atoms with E-state index in [1.807, 2.05) is 0 Å². The fourth-order valence-electron chi connectivity index (χ4n) is 2.92. The topological polar surface area (TPSA) is 26.3 Å². The van der Waals surface area contributed by atoms with Crippen LogP contribution >= 0.6 is 0 Å². The van der Waals surface area contributed by atoms with Gasteiger partial charge in [-0.2, -0.15) is 0 Å². The van der Waals surface area contributed by atoms with Gasteiger partial charge in [0.2, 0.25) is 0 Å². The lowest BCUT2D eigenvalue weighted by Crippen LogP contribution is -1.99. The van der Waals surface area contributed by atoms with E-state index in [1.54, 1.807) is 0 Å². The Balaban J connectivity index is 3.06. The standard InChI is InChI=1S/C22H42O2/c1-3-4-5-6-7-8-9-10-11-12-13-14-15-16-17-18-19-20-21-24-22(2)23/h16-17H,3-15,18-21H2,1-2H3/b17-16+. The summed E-state index contributed by atoms with van der Waals surface area (Å²) >= 11 is 0. The van der Waals surface area contributed by atoms with Crippen LogP contribution in [0, 0.1) is 0 Å². The quantitative estimate of drug-likeness (QED) is 0.148. The largest absolute Gasteiger partial charge is 0.466 e. The van der Waals surface area contributed by atoms with Crippen molar-refractivity contribution >= 4 is 5.97 Å². The molecule has 0 rings (SSSR count). The van der Waals surface area contributed by atoms with Crippen molar-refractivity contribution in [3.05, 3.63) is 12.2 Å². The second-order valence-corrected chi connectivity index (χ2v) is 6.98. The number of ether oxygens (including phenoxy) is 1. The Bertz CT molecular complexity index is 284. The second-order valence-electron chi connectivity index (χ2n) is 6.98. The number of hydrogen-bond donors (Lipinski definition) is 0. The maximum Gasteiger partial charge on any atom is 0.302 e. The highest BCUT2D eigenvalue weighted by atomic mass is 16.5. The van der Waals surface area contributed by atoms with Gasteiger partial charge in [0.15, 0.2) is 0 Å². The van der Waals surface area contributed by atoms with Gasteiger partial charge in [-0.05, 0) is 32.1 Å². The Hall–Kier alpha value is -0.790. The van der Waals surface area contributed by atoms with E-state index < -0.39 is 0 Å². The highest BCUT2D eigenvalue weighted by Crippen LogP contribution is 2.12. The first-order chi connectivity index (χ1) is 11.8. The molecule has 0 heterocycles. The van der Waals surface area contributed by atoms with E-state index in [0.29, 0.717) is 6.61 Å². The van der Waals surface area contributed by atoms with Crippen LogP contribution in [0.5, 0.6) is 0 Å². The summed E-state index contributed by atoms with van der Waals surface area (Å²) in [5.74, 6) is -0.169. The number of carbonyl (C=O) groups is 1. The summed E-state index contributed by atoms with van der Waals surface area (Å²) in [5.41, 5.74) is 0. The molecule has 0 aromatic carbocycles. The Morgan fingerprint density at radius 2 is 1.08 bits per heavy atom. The number of rotatable bonds is 18. The number of unbranched alkanes of at least 4 members (excludes halogenated alkanes) is 14. The van der Waals surface area contributed by atoms with Crippen molar-refractivity contribution in [1.82, 2.24) is 0 Å². The van der Waals surface area contributed by atoms with Gasteiger partial charge in [-0.25, -0.2) is 0 Å². The normalized spacial score (nSPS) is 11.2. The van der Waals surface area contributed by atoms with Crippen molar-refractivity contribution in [3.8, 4) is 0 Å². The van der Waals surface area contributed by atoms with Crippen molar-refractivity contribution in [2.75, 3.05) is 6.61 Å². The Morgan fingerprint density at radius 3 is 1.54 bits per heavy atom. The molecule has 0 radical (unpaired) electrons. The van der Waals surface area contributed by atoms with Crippen LogP contribution in [0.25, 0.3) is 0 Å². The van der Waals surface area contributed by atoms with Crippen molar-refractivity contribution in [3.63, 3.8) is 0 Å². The molecule has 24 heavy (non-hydrogen) atoms. The first-order valence-electron chi connectivity index (χ1n) is 10.6. The average Bonchev–Trinajstić information content (AvgIpc) is 2.56. The lowest BCUT2D eigenvalue weighted by molar-refractivity contribution is -0.141. The van der Waals surface area contributed by atoms with Crippen LogP contribution in [0.4, 0.5) is 0 Å². The molecular weight excluding hydrogens is 296 g/mol. The van der Waals surface area contributed by atoms with Gasteiger partial charge in [-0.3, -0.25) is 4.79 Å². The number of carbonyl (C=O) groups excluding carboxylic acids is 1. The van der Waals surface area contributed by atoms with Crippen LogP contribution in [-0.2, 0) is 9.53 Å². The zero-order chi connectivity index (χ0) is 17.7. The van der Waals surface area contributed by atoms with Crippen LogP contribution in [0.3, 0.4) is 0 Å². The molecule has 0 aromatic heterocycles. The third-order valence-electron chi connectivity index (χ3n) is 4.46. The van der Waals surface area contributed by atoms with Crippen LogP contribution in [0.1, 0.15) is 117 Å². The second kappa shape index (κ2) is 20.3. The molecule has 0 unspecified atom stereocenters. The van der Waals surface area contributed by atoms with Gasteiger partial charge in [0.25, 0.3) is 0 Å². The highest BCUT2D eigenvalue weighted by molar-refractivity contribution is 5.65. The Kier molecular flexibility index (Phi) is 19.6. The zero-order valence-electron chi connectivity index (χ0n) is 16.5. The lowest BCUT2D eigenvalue weighted by atomic mass is 10.0. The number of allylic oxidation sites excluding steroid dienone is 2. The summed E-state index contributed by atoms with van der Waals surface area (Å²) in [4.78, 5) is 10.6. The van der Waals surface area contributed by atoms with Gasteiger partial charge < -0.3 is 4.74 Å². The molecule has 0 spiro atoms. The van der Waals surface area contributed by atoms with Crippen LogP contribution in [-0.4, -0.2) is 12.6 Å². The molecule has 0 saturated heterocycles. The van der Waals surface area contributed by atoms with Gasteiger partial charge in [0, 0.05) is 6.92 Å². The summed E-state index contributed by atoms with van der Waals surface area (Å²) in [6.45, 7) is 4.32. The first-order valence-corrected chi connectivity index (χ1v) is 10.6. The molecule has 0 fully saturated rings. The first kappa shape index (κ1) is 23.2. The van der Waals surface area contributed by atoms with Crippen molar-refractivity contribution in [2.45, 2.75) is 117 Å². The van der Waals surface area contributed by atoms with Crippen LogP contribution in [0.2, 0.25) is 0 Å². The smallest absolute Gasteiger partial charge is 0.302 e. The van der Waals surface area contributed by atoms with Gasteiger partial charge in [-0.1, -0.05) is 89.7 Å². The number of esters is 1. The molecule has 0 amide bonds.